The van der Waals surface area contributed by atoms with Gasteiger partial charge in [-0.25, -0.2) is 0 Å². The van der Waals surface area contributed by atoms with Gasteiger partial charge in [-0.05, 0) is 55.8 Å². The van der Waals surface area contributed by atoms with Crippen molar-refractivity contribution in [2.24, 2.45) is 5.92 Å². The molecule has 0 heterocycles. The zero-order valence-corrected chi connectivity index (χ0v) is 12.3. The van der Waals surface area contributed by atoms with E-state index in [9.17, 15) is 0 Å². The molecule has 2 heteroatoms. The maximum absolute atomic E-state index is 5.32. The van der Waals surface area contributed by atoms with Crippen molar-refractivity contribution in [1.29, 1.82) is 0 Å². The number of methoxy groups -OCH3 is 1. The van der Waals surface area contributed by atoms with Crippen LogP contribution in [0, 0.1) is 5.92 Å². The Labute approximate surface area is 117 Å². The van der Waals surface area contributed by atoms with Crippen molar-refractivity contribution < 1.29 is 4.74 Å². The van der Waals surface area contributed by atoms with Crippen molar-refractivity contribution in [2.75, 3.05) is 13.7 Å². The second-order valence-corrected chi connectivity index (χ2v) is 5.66. The van der Waals surface area contributed by atoms with E-state index in [4.69, 9.17) is 4.74 Å². The van der Waals surface area contributed by atoms with Gasteiger partial charge >= 0.3 is 0 Å². The molecule has 0 spiro atoms. The van der Waals surface area contributed by atoms with Crippen LogP contribution in [0.1, 0.15) is 44.6 Å². The smallest absolute Gasteiger partial charge is 0.119 e. The largest absolute Gasteiger partial charge is 0.497 e. The Morgan fingerprint density at radius 2 is 2.11 bits per heavy atom. The van der Waals surface area contributed by atoms with E-state index < -0.39 is 0 Å². The number of ether oxygens (including phenoxy) is 1. The third kappa shape index (κ3) is 4.24. The van der Waals surface area contributed by atoms with Crippen molar-refractivity contribution in [3.8, 4) is 5.75 Å². The summed E-state index contributed by atoms with van der Waals surface area (Å²) in [6.45, 7) is 3.37. The molecule has 0 saturated heterocycles. The highest BCUT2D eigenvalue weighted by molar-refractivity contribution is 5.29. The number of rotatable bonds is 7. The molecule has 0 aliphatic heterocycles. The molecule has 0 amide bonds. The van der Waals surface area contributed by atoms with Gasteiger partial charge in [0.2, 0.25) is 0 Å². The Bertz CT molecular complexity index is 371. The Kier molecular flexibility index (Phi) is 5.71. The molecule has 0 aromatic heterocycles. The van der Waals surface area contributed by atoms with Gasteiger partial charge in [-0.1, -0.05) is 31.9 Å². The first-order chi connectivity index (χ1) is 9.33. The quantitative estimate of drug-likeness (QED) is 0.806. The fourth-order valence-electron chi connectivity index (χ4n) is 3.15. The van der Waals surface area contributed by atoms with Gasteiger partial charge in [0.15, 0.2) is 0 Å². The minimum atomic E-state index is 0.634. The molecule has 0 bridgehead atoms. The lowest BCUT2D eigenvalue weighted by atomic mass is 9.92. The van der Waals surface area contributed by atoms with E-state index in [0.29, 0.717) is 6.04 Å². The minimum absolute atomic E-state index is 0.634. The van der Waals surface area contributed by atoms with E-state index >= 15 is 0 Å². The van der Waals surface area contributed by atoms with Crippen molar-refractivity contribution >= 4 is 0 Å². The van der Waals surface area contributed by atoms with Crippen molar-refractivity contribution in [3.63, 3.8) is 0 Å². The standard InChI is InChI=1S/C17H27NO/c1-3-11-18-17(15-8-4-5-9-15)13-14-7-6-10-16(12-14)19-2/h6-7,10,12,15,17-18H,3-5,8-9,11,13H2,1-2H3. The van der Waals surface area contributed by atoms with E-state index in [0.717, 1.165) is 24.6 Å². The van der Waals surface area contributed by atoms with Crippen LogP contribution in [0.4, 0.5) is 0 Å². The average Bonchev–Trinajstić information content (AvgIpc) is 2.97. The summed E-state index contributed by atoms with van der Waals surface area (Å²) in [5, 5.41) is 3.76. The van der Waals surface area contributed by atoms with Gasteiger partial charge in [-0.2, -0.15) is 0 Å². The highest BCUT2D eigenvalue weighted by Gasteiger charge is 2.24. The van der Waals surface area contributed by atoms with Gasteiger partial charge in [0.25, 0.3) is 0 Å². The van der Waals surface area contributed by atoms with Crippen LogP contribution in [0.15, 0.2) is 24.3 Å². The normalized spacial score (nSPS) is 17.6. The van der Waals surface area contributed by atoms with Crippen LogP contribution in [0.3, 0.4) is 0 Å². The summed E-state index contributed by atoms with van der Waals surface area (Å²) < 4.78 is 5.32. The number of nitrogens with one attached hydrogen (secondary N) is 1. The van der Waals surface area contributed by atoms with Crippen LogP contribution in [-0.2, 0) is 6.42 Å². The van der Waals surface area contributed by atoms with E-state index in [1.54, 1.807) is 7.11 Å². The van der Waals surface area contributed by atoms with E-state index in [-0.39, 0.29) is 0 Å². The number of hydrogen-bond acceptors (Lipinski definition) is 2. The summed E-state index contributed by atoms with van der Waals surface area (Å²) in [6, 6.07) is 9.15. The second-order valence-electron chi connectivity index (χ2n) is 5.66. The summed E-state index contributed by atoms with van der Waals surface area (Å²) >= 11 is 0. The maximum atomic E-state index is 5.32. The molecule has 1 N–H and O–H groups in total. The van der Waals surface area contributed by atoms with Crippen LogP contribution < -0.4 is 10.1 Å². The van der Waals surface area contributed by atoms with Gasteiger partial charge in [-0.15, -0.1) is 0 Å². The molecule has 1 aliphatic rings. The SMILES string of the molecule is CCCNC(Cc1cccc(OC)c1)C1CCCC1. The third-order valence-electron chi connectivity index (χ3n) is 4.22. The van der Waals surface area contributed by atoms with Crippen LogP contribution in [0.5, 0.6) is 5.75 Å². The molecule has 0 radical (unpaired) electrons. The molecule has 1 unspecified atom stereocenters. The van der Waals surface area contributed by atoms with Gasteiger partial charge in [-0.3, -0.25) is 0 Å². The highest BCUT2D eigenvalue weighted by Crippen LogP contribution is 2.29. The number of hydrogen-bond donors (Lipinski definition) is 1. The lowest BCUT2D eigenvalue weighted by molar-refractivity contribution is 0.356. The molecule has 1 saturated carbocycles. The molecule has 1 aromatic rings. The predicted octanol–water partition coefficient (Wildman–Crippen LogP) is 3.80. The summed E-state index contributed by atoms with van der Waals surface area (Å²) in [5.74, 6) is 1.83. The maximum Gasteiger partial charge on any atom is 0.119 e. The first-order valence-electron chi connectivity index (χ1n) is 7.69. The molecule has 1 atom stereocenters. The van der Waals surface area contributed by atoms with Crippen LogP contribution in [0.25, 0.3) is 0 Å². The molecular weight excluding hydrogens is 234 g/mol. The van der Waals surface area contributed by atoms with Crippen LogP contribution in [-0.4, -0.2) is 19.7 Å². The van der Waals surface area contributed by atoms with Crippen molar-refractivity contribution in [2.45, 2.75) is 51.5 Å². The fourth-order valence-corrected chi connectivity index (χ4v) is 3.15. The van der Waals surface area contributed by atoms with E-state index in [1.165, 1.54) is 37.7 Å². The lowest BCUT2D eigenvalue weighted by Gasteiger charge is -2.25. The minimum Gasteiger partial charge on any atom is -0.497 e. The third-order valence-corrected chi connectivity index (χ3v) is 4.22. The molecule has 2 nitrogen and oxygen atoms in total. The fraction of sp³-hybridized carbons (Fsp3) is 0.647. The molecular formula is C17H27NO. The Morgan fingerprint density at radius 3 is 2.79 bits per heavy atom. The zero-order chi connectivity index (χ0) is 13.5. The van der Waals surface area contributed by atoms with Crippen molar-refractivity contribution in [3.05, 3.63) is 29.8 Å². The van der Waals surface area contributed by atoms with Gasteiger partial charge in [0, 0.05) is 6.04 Å². The summed E-state index contributed by atoms with van der Waals surface area (Å²) in [4.78, 5) is 0. The summed E-state index contributed by atoms with van der Waals surface area (Å²) in [6.07, 6.45) is 7.94. The second kappa shape index (κ2) is 7.54. The molecule has 106 valence electrons. The number of benzene rings is 1. The first kappa shape index (κ1) is 14.4. The van der Waals surface area contributed by atoms with Gasteiger partial charge < -0.3 is 10.1 Å². The monoisotopic (exact) mass is 261 g/mol. The topological polar surface area (TPSA) is 21.3 Å². The highest BCUT2D eigenvalue weighted by atomic mass is 16.5. The van der Waals surface area contributed by atoms with Gasteiger partial charge in [0.05, 0.1) is 7.11 Å². The van der Waals surface area contributed by atoms with E-state index in [2.05, 4.69) is 30.4 Å². The Morgan fingerprint density at radius 1 is 1.32 bits per heavy atom. The molecule has 19 heavy (non-hydrogen) atoms. The van der Waals surface area contributed by atoms with Crippen LogP contribution in [0.2, 0.25) is 0 Å². The van der Waals surface area contributed by atoms with Crippen molar-refractivity contribution in [1.82, 2.24) is 5.32 Å². The molecule has 1 fully saturated rings. The molecule has 1 aliphatic carbocycles. The predicted molar refractivity (Wildman–Crippen MR) is 80.7 cm³/mol. The lowest BCUT2D eigenvalue weighted by Crippen LogP contribution is -2.37. The zero-order valence-electron chi connectivity index (χ0n) is 12.3. The molecule has 1 aromatic carbocycles. The van der Waals surface area contributed by atoms with Crippen LogP contribution >= 0.6 is 0 Å². The molecule has 2 rings (SSSR count). The van der Waals surface area contributed by atoms with E-state index in [1.807, 2.05) is 6.07 Å². The summed E-state index contributed by atoms with van der Waals surface area (Å²) in [7, 11) is 1.74. The Hall–Kier alpha value is -1.02. The first-order valence-corrected chi connectivity index (χ1v) is 7.69. The average molecular weight is 261 g/mol. The Balaban J connectivity index is 2.00. The summed E-state index contributed by atoms with van der Waals surface area (Å²) in [5.41, 5.74) is 1.39. The van der Waals surface area contributed by atoms with Gasteiger partial charge in [0.1, 0.15) is 5.75 Å².